The van der Waals surface area contributed by atoms with Crippen molar-refractivity contribution in [1.29, 1.82) is 0 Å². The van der Waals surface area contributed by atoms with Crippen LogP contribution in [0.25, 0.3) is 27.3 Å². The van der Waals surface area contributed by atoms with Crippen LogP contribution in [0.3, 0.4) is 0 Å². The fourth-order valence-electron chi connectivity index (χ4n) is 2.83. The molecule has 21 heavy (non-hydrogen) atoms. The molecule has 4 rings (SSSR count). The van der Waals surface area contributed by atoms with Gasteiger partial charge in [-0.15, -0.1) is 0 Å². The van der Waals surface area contributed by atoms with Crippen molar-refractivity contribution in [2.75, 3.05) is 6.61 Å². The zero-order chi connectivity index (χ0) is 14.2. The van der Waals surface area contributed by atoms with Crippen molar-refractivity contribution < 1.29 is 4.74 Å². The van der Waals surface area contributed by atoms with Gasteiger partial charge in [0.1, 0.15) is 5.65 Å². The van der Waals surface area contributed by atoms with Crippen LogP contribution < -0.4 is 4.74 Å². The van der Waals surface area contributed by atoms with Crippen LogP contribution in [0.2, 0.25) is 0 Å². The molecule has 2 heterocycles. The highest BCUT2D eigenvalue weighted by molar-refractivity contribution is 6.11. The van der Waals surface area contributed by atoms with E-state index < -0.39 is 0 Å². The van der Waals surface area contributed by atoms with Crippen molar-refractivity contribution in [1.82, 2.24) is 9.38 Å². The van der Waals surface area contributed by atoms with Gasteiger partial charge in [0.25, 0.3) is 0 Å². The standard InChI is InChI=1S/C18H16N2O/c1-2-11-21-17-12-20-16-10-6-5-8-14(16)13-7-3-4-9-15(13)18(20)19-17/h3-10,12H,2,11H2,1H3. The number of nitrogens with zero attached hydrogens (tertiary/aromatic N) is 2. The van der Waals surface area contributed by atoms with Gasteiger partial charge in [-0.1, -0.05) is 49.4 Å². The van der Waals surface area contributed by atoms with Gasteiger partial charge in [0, 0.05) is 10.8 Å². The number of rotatable bonds is 3. The molecule has 0 atom stereocenters. The molecular weight excluding hydrogens is 260 g/mol. The molecule has 2 aromatic carbocycles. The summed E-state index contributed by atoms with van der Waals surface area (Å²) in [7, 11) is 0. The third-order valence-corrected chi connectivity index (χ3v) is 3.76. The zero-order valence-electron chi connectivity index (χ0n) is 11.9. The minimum absolute atomic E-state index is 0.693. The molecule has 104 valence electrons. The van der Waals surface area contributed by atoms with Crippen molar-refractivity contribution >= 4 is 27.3 Å². The topological polar surface area (TPSA) is 26.5 Å². The molecule has 0 saturated heterocycles. The number of para-hydroxylation sites is 1. The molecular formula is C18H16N2O. The molecule has 0 unspecified atom stereocenters. The lowest BCUT2D eigenvalue weighted by Crippen LogP contribution is -1.94. The second kappa shape index (κ2) is 4.77. The lowest BCUT2D eigenvalue weighted by molar-refractivity contribution is 0.307. The number of benzene rings is 2. The SMILES string of the molecule is CCCOc1cn2c3ccccc3c3ccccc3c2n1. The first-order chi connectivity index (χ1) is 10.4. The summed E-state index contributed by atoms with van der Waals surface area (Å²) in [6.45, 7) is 2.79. The van der Waals surface area contributed by atoms with Crippen LogP contribution in [0.5, 0.6) is 5.88 Å². The highest BCUT2D eigenvalue weighted by Crippen LogP contribution is 2.30. The van der Waals surface area contributed by atoms with Crippen molar-refractivity contribution in [2.45, 2.75) is 13.3 Å². The van der Waals surface area contributed by atoms with Crippen molar-refractivity contribution in [3.05, 3.63) is 54.7 Å². The Kier molecular flexibility index (Phi) is 2.78. The quantitative estimate of drug-likeness (QED) is 0.517. The molecule has 3 heteroatoms. The minimum atomic E-state index is 0.693. The van der Waals surface area contributed by atoms with Crippen LogP contribution in [0.1, 0.15) is 13.3 Å². The van der Waals surface area contributed by atoms with Crippen LogP contribution in [-0.4, -0.2) is 16.0 Å². The molecule has 0 aliphatic heterocycles. The first kappa shape index (κ1) is 12.2. The van der Waals surface area contributed by atoms with E-state index in [2.05, 4.69) is 64.8 Å². The molecule has 2 aromatic heterocycles. The summed E-state index contributed by atoms with van der Waals surface area (Å²) >= 11 is 0. The summed E-state index contributed by atoms with van der Waals surface area (Å²) in [6.07, 6.45) is 2.97. The number of imidazole rings is 1. The lowest BCUT2D eigenvalue weighted by atomic mass is 10.1. The number of hydrogen-bond donors (Lipinski definition) is 0. The van der Waals surface area contributed by atoms with Gasteiger partial charge in [0.05, 0.1) is 18.3 Å². The molecule has 0 N–H and O–H groups in total. The number of aromatic nitrogens is 2. The Morgan fingerprint density at radius 1 is 0.952 bits per heavy atom. The van der Waals surface area contributed by atoms with Crippen LogP contribution in [0.15, 0.2) is 54.7 Å². The molecule has 0 aliphatic rings. The molecule has 4 aromatic rings. The summed E-state index contributed by atoms with van der Waals surface area (Å²) < 4.78 is 7.83. The maximum Gasteiger partial charge on any atom is 0.232 e. The normalized spacial score (nSPS) is 11.5. The van der Waals surface area contributed by atoms with Crippen molar-refractivity contribution in [3.63, 3.8) is 0 Å². The van der Waals surface area contributed by atoms with E-state index in [4.69, 9.17) is 4.74 Å². The number of ether oxygens (including phenoxy) is 1. The molecule has 0 bridgehead atoms. The average molecular weight is 276 g/mol. The molecule has 0 saturated carbocycles. The Morgan fingerprint density at radius 3 is 2.48 bits per heavy atom. The Labute approximate surface area is 122 Å². The first-order valence-corrected chi connectivity index (χ1v) is 7.30. The van der Waals surface area contributed by atoms with E-state index in [9.17, 15) is 0 Å². The maximum absolute atomic E-state index is 5.71. The third-order valence-electron chi connectivity index (χ3n) is 3.76. The second-order valence-electron chi connectivity index (χ2n) is 5.18. The molecule has 0 spiro atoms. The number of pyridine rings is 1. The average Bonchev–Trinajstić information content (AvgIpc) is 2.98. The van der Waals surface area contributed by atoms with Gasteiger partial charge in [-0.2, -0.15) is 4.98 Å². The third kappa shape index (κ3) is 1.85. The van der Waals surface area contributed by atoms with Gasteiger partial charge < -0.3 is 4.74 Å². The smallest absolute Gasteiger partial charge is 0.232 e. The number of fused-ring (bicyclic) bond motifs is 6. The van der Waals surface area contributed by atoms with Gasteiger partial charge in [-0.3, -0.25) is 4.40 Å². The predicted octanol–water partition coefficient (Wildman–Crippen LogP) is 4.43. The highest BCUT2D eigenvalue weighted by Gasteiger charge is 2.11. The van der Waals surface area contributed by atoms with E-state index in [0.717, 1.165) is 23.0 Å². The summed E-state index contributed by atoms with van der Waals surface area (Å²) in [4.78, 5) is 4.67. The van der Waals surface area contributed by atoms with Gasteiger partial charge in [0.15, 0.2) is 0 Å². The predicted molar refractivity (Wildman–Crippen MR) is 86.0 cm³/mol. The summed E-state index contributed by atoms with van der Waals surface area (Å²) in [5, 5.41) is 3.62. The summed E-state index contributed by atoms with van der Waals surface area (Å²) in [5.41, 5.74) is 2.11. The molecule has 0 fully saturated rings. The lowest BCUT2D eigenvalue weighted by Gasteiger charge is -2.06. The maximum atomic E-state index is 5.71. The van der Waals surface area contributed by atoms with Gasteiger partial charge in [0.2, 0.25) is 5.88 Å². The van der Waals surface area contributed by atoms with E-state index in [-0.39, 0.29) is 0 Å². The van der Waals surface area contributed by atoms with E-state index in [1.54, 1.807) is 0 Å². The number of hydrogen-bond acceptors (Lipinski definition) is 2. The molecule has 0 radical (unpaired) electrons. The Morgan fingerprint density at radius 2 is 1.67 bits per heavy atom. The van der Waals surface area contributed by atoms with Crippen LogP contribution >= 0.6 is 0 Å². The largest absolute Gasteiger partial charge is 0.477 e. The monoisotopic (exact) mass is 276 g/mol. The Balaban J connectivity index is 2.13. The van der Waals surface area contributed by atoms with Crippen molar-refractivity contribution in [2.24, 2.45) is 0 Å². The molecule has 3 nitrogen and oxygen atoms in total. The fourth-order valence-corrected chi connectivity index (χ4v) is 2.83. The van der Waals surface area contributed by atoms with Crippen LogP contribution in [0.4, 0.5) is 0 Å². The van der Waals surface area contributed by atoms with Crippen LogP contribution in [-0.2, 0) is 0 Å². The first-order valence-electron chi connectivity index (χ1n) is 7.30. The van der Waals surface area contributed by atoms with Crippen LogP contribution in [0, 0.1) is 0 Å². The zero-order valence-corrected chi connectivity index (χ0v) is 11.9. The van der Waals surface area contributed by atoms with Gasteiger partial charge in [-0.25, -0.2) is 0 Å². The Hall–Kier alpha value is -2.55. The fraction of sp³-hybridized carbons (Fsp3) is 0.167. The summed E-state index contributed by atoms with van der Waals surface area (Å²) in [5.74, 6) is 0.693. The van der Waals surface area contributed by atoms with E-state index in [0.29, 0.717) is 12.5 Å². The van der Waals surface area contributed by atoms with E-state index in [1.165, 1.54) is 10.8 Å². The van der Waals surface area contributed by atoms with Crippen molar-refractivity contribution in [3.8, 4) is 5.88 Å². The van der Waals surface area contributed by atoms with E-state index >= 15 is 0 Å². The van der Waals surface area contributed by atoms with Gasteiger partial charge >= 0.3 is 0 Å². The van der Waals surface area contributed by atoms with E-state index in [1.807, 2.05) is 6.20 Å². The Bertz CT molecular complexity index is 867. The van der Waals surface area contributed by atoms with Gasteiger partial charge in [-0.05, 0) is 17.9 Å². The summed E-state index contributed by atoms with van der Waals surface area (Å²) in [6, 6.07) is 16.8. The molecule has 0 amide bonds. The minimum Gasteiger partial charge on any atom is -0.477 e. The highest BCUT2D eigenvalue weighted by atomic mass is 16.5. The second-order valence-corrected chi connectivity index (χ2v) is 5.18. The molecule has 0 aliphatic carbocycles.